The molecule has 7 nitrogen and oxygen atoms in total. The molecule has 1 amide bonds. The van der Waals surface area contributed by atoms with Gasteiger partial charge in [-0.15, -0.1) is 0 Å². The van der Waals surface area contributed by atoms with Gasteiger partial charge in [0.15, 0.2) is 12.4 Å². The van der Waals surface area contributed by atoms with Crippen molar-refractivity contribution in [2.75, 3.05) is 37.7 Å². The number of nitrogens with zero attached hydrogens (tertiary/aromatic N) is 1. The molecule has 150 valence electrons. The molecule has 1 fully saturated rings. The number of hydrogen-bond donors (Lipinski definition) is 2. The summed E-state index contributed by atoms with van der Waals surface area (Å²) in [6.07, 6.45) is 1.31. The number of amides is 1. The molecular formula is C21H28N3O4+. The van der Waals surface area contributed by atoms with Crippen LogP contribution in [0.25, 0.3) is 0 Å². The number of benzene rings is 1. The Kier molecular flexibility index (Phi) is 6.71. The van der Waals surface area contributed by atoms with E-state index in [-0.39, 0.29) is 29.7 Å². The second-order valence-corrected chi connectivity index (χ2v) is 7.34. The van der Waals surface area contributed by atoms with Gasteiger partial charge in [-0.25, -0.2) is 0 Å². The van der Waals surface area contributed by atoms with Crippen LogP contribution >= 0.6 is 0 Å². The van der Waals surface area contributed by atoms with Crippen LogP contribution in [0.3, 0.4) is 0 Å². The summed E-state index contributed by atoms with van der Waals surface area (Å²) >= 11 is 0. The fourth-order valence-electron chi connectivity index (χ4n) is 3.29. The van der Waals surface area contributed by atoms with Crippen molar-refractivity contribution in [1.82, 2.24) is 5.32 Å². The van der Waals surface area contributed by atoms with Gasteiger partial charge in [-0.05, 0) is 26.0 Å². The predicted octanol–water partition coefficient (Wildman–Crippen LogP) is 0.448. The van der Waals surface area contributed by atoms with Crippen molar-refractivity contribution in [2.45, 2.75) is 26.4 Å². The third-order valence-corrected chi connectivity index (χ3v) is 4.68. The molecule has 0 spiro atoms. The second-order valence-electron chi connectivity index (χ2n) is 7.34. The number of anilines is 1. The Bertz CT molecular complexity index is 827. The number of hydrogen-bond acceptors (Lipinski definition) is 5. The van der Waals surface area contributed by atoms with E-state index < -0.39 is 0 Å². The molecule has 0 bridgehead atoms. The quantitative estimate of drug-likeness (QED) is 0.723. The first kappa shape index (κ1) is 19.9. The molecule has 2 N–H and O–H groups in total. The maximum Gasteiger partial charge on any atom is 0.258 e. The van der Waals surface area contributed by atoms with Crippen LogP contribution in [-0.4, -0.2) is 44.7 Å². The molecule has 1 saturated heterocycles. The summed E-state index contributed by atoms with van der Waals surface area (Å²) in [4.78, 5) is 27.6. The number of carbonyl (C=O) groups excluding carboxylic acids is 1. The normalized spacial score (nSPS) is 14.9. The zero-order valence-electron chi connectivity index (χ0n) is 16.4. The fraction of sp³-hybridized carbons (Fsp3) is 0.429. The van der Waals surface area contributed by atoms with Gasteiger partial charge in [0.25, 0.3) is 5.91 Å². The summed E-state index contributed by atoms with van der Waals surface area (Å²) in [6.45, 7) is 8.08. The molecule has 2 aromatic rings. The minimum Gasteiger partial charge on any atom is -0.477 e. The molecule has 28 heavy (non-hydrogen) atoms. The maximum absolute atomic E-state index is 12.2. The minimum absolute atomic E-state index is 0.0280. The lowest BCUT2D eigenvalue weighted by Gasteiger charge is -2.33. The molecule has 0 saturated carbocycles. The van der Waals surface area contributed by atoms with Crippen LogP contribution in [0, 0.1) is 0 Å². The highest BCUT2D eigenvalue weighted by Gasteiger charge is 2.21. The van der Waals surface area contributed by atoms with E-state index in [9.17, 15) is 9.59 Å². The van der Waals surface area contributed by atoms with E-state index in [4.69, 9.17) is 9.15 Å². The first-order valence-electron chi connectivity index (χ1n) is 9.68. The van der Waals surface area contributed by atoms with Crippen LogP contribution < -0.4 is 25.3 Å². The Morgan fingerprint density at radius 1 is 1.25 bits per heavy atom. The van der Waals surface area contributed by atoms with E-state index in [0.29, 0.717) is 12.3 Å². The monoisotopic (exact) mass is 386 g/mol. The zero-order chi connectivity index (χ0) is 19.9. The molecule has 1 aliphatic heterocycles. The Labute approximate surface area is 164 Å². The molecule has 1 aromatic heterocycles. The molecule has 0 aliphatic carbocycles. The van der Waals surface area contributed by atoms with Gasteiger partial charge in [0.2, 0.25) is 11.2 Å². The lowest BCUT2D eigenvalue weighted by molar-refractivity contribution is -0.915. The van der Waals surface area contributed by atoms with Crippen molar-refractivity contribution in [1.29, 1.82) is 0 Å². The van der Waals surface area contributed by atoms with Crippen LogP contribution in [-0.2, 0) is 11.3 Å². The number of nitrogens with one attached hydrogen (secondary N) is 2. The highest BCUT2D eigenvalue weighted by Crippen LogP contribution is 2.12. The van der Waals surface area contributed by atoms with Crippen LogP contribution in [0.15, 0.2) is 51.9 Å². The van der Waals surface area contributed by atoms with Crippen LogP contribution in [0.4, 0.5) is 5.69 Å². The number of piperazine rings is 1. The molecule has 3 rings (SSSR count). The number of carbonyl (C=O) groups is 1. The Balaban J connectivity index is 1.50. The van der Waals surface area contributed by atoms with Gasteiger partial charge < -0.3 is 24.3 Å². The smallest absolute Gasteiger partial charge is 0.258 e. The number of ether oxygens (including phenoxy) is 1. The Hall–Kier alpha value is -2.80. The topological polar surface area (TPSA) is 76.2 Å². The molecule has 0 atom stereocenters. The Morgan fingerprint density at radius 3 is 2.61 bits per heavy atom. The zero-order valence-corrected chi connectivity index (χ0v) is 16.4. The molecule has 7 heteroatoms. The van der Waals surface area contributed by atoms with E-state index in [2.05, 4.69) is 34.5 Å². The van der Waals surface area contributed by atoms with Crippen LogP contribution in [0.2, 0.25) is 0 Å². The van der Waals surface area contributed by atoms with Crippen molar-refractivity contribution in [3.63, 3.8) is 0 Å². The largest absolute Gasteiger partial charge is 0.477 e. The number of para-hydroxylation sites is 1. The van der Waals surface area contributed by atoms with Crippen molar-refractivity contribution in [3.8, 4) is 5.75 Å². The van der Waals surface area contributed by atoms with Gasteiger partial charge in [0, 0.05) is 17.8 Å². The van der Waals surface area contributed by atoms with E-state index in [1.807, 2.05) is 19.9 Å². The summed E-state index contributed by atoms with van der Waals surface area (Å²) in [5.74, 6) is 0.429. The van der Waals surface area contributed by atoms with E-state index in [1.54, 1.807) is 0 Å². The Morgan fingerprint density at radius 2 is 1.96 bits per heavy atom. The highest BCUT2D eigenvalue weighted by molar-refractivity contribution is 5.77. The van der Waals surface area contributed by atoms with E-state index >= 15 is 0 Å². The van der Waals surface area contributed by atoms with Gasteiger partial charge in [-0.1, -0.05) is 18.2 Å². The van der Waals surface area contributed by atoms with Crippen molar-refractivity contribution >= 4 is 11.6 Å². The summed E-state index contributed by atoms with van der Waals surface area (Å²) in [5.41, 5.74) is 0.983. The molecule has 0 unspecified atom stereocenters. The second kappa shape index (κ2) is 9.41. The third kappa shape index (κ3) is 5.60. The lowest BCUT2D eigenvalue weighted by Crippen LogP contribution is -3.13. The summed E-state index contributed by atoms with van der Waals surface area (Å²) in [5, 5.41) is 2.71. The van der Waals surface area contributed by atoms with Crippen molar-refractivity contribution < 1.29 is 18.8 Å². The third-order valence-electron chi connectivity index (χ3n) is 4.68. The van der Waals surface area contributed by atoms with E-state index in [1.165, 1.54) is 22.9 Å². The average molecular weight is 386 g/mol. The van der Waals surface area contributed by atoms with Gasteiger partial charge >= 0.3 is 0 Å². The average Bonchev–Trinajstić information content (AvgIpc) is 2.68. The molecule has 1 aromatic carbocycles. The highest BCUT2D eigenvalue weighted by atomic mass is 16.5. The SMILES string of the molecule is CC(C)NC(=O)COc1coc(C[NH+]2CCN(c3ccccc3)CC2)cc1=O. The molecule has 2 heterocycles. The summed E-state index contributed by atoms with van der Waals surface area (Å²) < 4.78 is 10.9. The van der Waals surface area contributed by atoms with Gasteiger partial charge in [0.05, 0.1) is 26.2 Å². The van der Waals surface area contributed by atoms with Crippen LogP contribution in [0.5, 0.6) is 5.75 Å². The standard InChI is InChI=1S/C21H27N3O4/c1-16(2)22-21(26)15-28-20-14-27-18(12-19(20)25)13-23-8-10-24(11-9-23)17-6-4-3-5-7-17/h3-7,12,14,16H,8-11,13,15H2,1-2H3,(H,22,26)/p+1. The number of rotatable bonds is 7. The molecule has 0 radical (unpaired) electrons. The van der Waals surface area contributed by atoms with Crippen LogP contribution in [0.1, 0.15) is 19.6 Å². The molecule has 1 aliphatic rings. The van der Waals surface area contributed by atoms with Crippen molar-refractivity contribution in [2.24, 2.45) is 0 Å². The first-order valence-corrected chi connectivity index (χ1v) is 9.68. The lowest BCUT2D eigenvalue weighted by atomic mass is 10.2. The summed E-state index contributed by atoms with van der Waals surface area (Å²) in [7, 11) is 0. The predicted molar refractivity (Wildman–Crippen MR) is 107 cm³/mol. The fourth-order valence-corrected chi connectivity index (χ4v) is 3.29. The van der Waals surface area contributed by atoms with Crippen molar-refractivity contribution in [3.05, 3.63) is 58.6 Å². The maximum atomic E-state index is 12.2. The number of quaternary nitrogens is 1. The van der Waals surface area contributed by atoms with E-state index in [0.717, 1.165) is 26.2 Å². The minimum atomic E-state index is -0.265. The molecular weight excluding hydrogens is 358 g/mol. The first-order chi connectivity index (χ1) is 13.5. The van der Waals surface area contributed by atoms with Gasteiger partial charge in [-0.2, -0.15) is 0 Å². The van der Waals surface area contributed by atoms with Gasteiger partial charge in [-0.3, -0.25) is 9.59 Å². The van der Waals surface area contributed by atoms with Gasteiger partial charge in [0.1, 0.15) is 12.8 Å². The summed E-state index contributed by atoms with van der Waals surface area (Å²) in [6, 6.07) is 11.9.